The van der Waals surface area contributed by atoms with Crippen molar-refractivity contribution >= 4 is 11.0 Å². The first-order chi connectivity index (χ1) is 8.68. The van der Waals surface area contributed by atoms with Gasteiger partial charge in [0.05, 0.1) is 18.6 Å². The molecule has 3 rings (SSSR count). The van der Waals surface area contributed by atoms with Gasteiger partial charge in [0, 0.05) is 5.39 Å². The minimum absolute atomic E-state index is 0.313. The highest BCUT2D eigenvalue weighted by molar-refractivity contribution is 5.85. The maximum absolute atomic E-state index is 9.42. The number of nitriles is 1. The van der Waals surface area contributed by atoms with E-state index in [9.17, 15) is 5.26 Å². The number of aryl methyl sites for hydroxylation is 1. The molecule has 92 valence electrons. The van der Waals surface area contributed by atoms with Gasteiger partial charge in [0.15, 0.2) is 11.3 Å². The zero-order valence-corrected chi connectivity index (χ0v) is 10.6. The number of rotatable bonds is 2. The van der Waals surface area contributed by atoms with Crippen LogP contribution in [-0.2, 0) is 5.41 Å². The molecule has 0 bridgehead atoms. The van der Waals surface area contributed by atoms with Crippen LogP contribution in [0, 0.1) is 18.3 Å². The van der Waals surface area contributed by atoms with Crippen molar-refractivity contribution in [2.75, 3.05) is 7.11 Å². The maximum atomic E-state index is 9.42. The molecule has 1 aromatic carbocycles. The predicted molar refractivity (Wildman–Crippen MR) is 68.6 cm³/mol. The molecule has 0 saturated heterocycles. The number of fused-ring (bicyclic) bond motifs is 1. The van der Waals surface area contributed by atoms with Gasteiger partial charge in [0.2, 0.25) is 0 Å². The van der Waals surface area contributed by atoms with Gasteiger partial charge in [-0.1, -0.05) is 0 Å². The zero-order valence-electron chi connectivity index (χ0n) is 10.6. The Morgan fingerprint density at radius 3 is 2.67 bits per heavy atom. The fraction of sp³-hybridized carbons (Fsp3) is 0.400. The van der Waals surface area contributed by atoms with Crippen molar-refractivity contribution in [3.05, 3.63) is 29.5 Å². The minimum atomic E-state index is -0.313. The molecule has 0 unspecified atom stereocenters. The molecule has 1 saturated carbocycles. The first-order valence-electron chi connectivity index (χ1n) is 6.18. The predicted octanol–water partition coefficient (Wildman–Crippen LogP) is 3.70. The minimum Gasteiger partial charge on any atom is -0.493 e. The van der Waals surface area contributed by atoms with Crippen molar-refractivity contribution in [1.29, 1.82) is 5.26 Å². The Morgan fingerprint density at radius 2 is 2.11 bits per heavy atom. The molecule has 0 amide bonds. The van der Waals surface area contributed by atoms with Crippen molar-refractivity contribution < 1.29 is 9.15 Å². The van der Waals surface area contributed by atoms with E-state index >= 15 is 0 Å². The molecule has 1 fully saturated rings. The molecule has 3 heteroatoms. The summed E-state index contributed by atoms with van der Waals surface area (Å²) in [6.45, 7) is 1.92. The molecule has 1 heterocycles. The Balaban J connectivity index is 2.22. The van der Waals surface area contributed by atoms with E-state index in [1.54, 1.807) is 7.11 Å². The molecule has 1 aliphatic carbocycles. The standard InChI is InChI=1S/C15H15NO2/c1-10-6-11-7-12(15(9-16)4-3-5-15)8-13(17-2)14(11)18-10/h6-8H,3-5H2,1-2H3. The second-order valence-corrected chi connectivity index (χ2v) is 5.00. The van der Waals surface area contributed by atoms with Crippen molar-refractivity contribution in [1.82, 2.24) is 0 Å². The van der Waals surface area contributed by atoms with Crippen LogP contribution in [0.25, 0.3) is 11.0 Å². The molecule has 0 radical (unpaired) electrons. The van der Waals surface area contributed by atoms with E-state index in [1.807, 2.05) is 19.1 Å². The van der Waals surface area contributed by atoms with Crippen LogP contribution in [0.2, 0.25) is 0 Å². The molecule has 0 atom stereocenters. The number of ether oxygens (including phenoxy) is 1. The lowest BCUT2D eigenvalue weighted by Crippen LogP contribution is -2.32. The first kappa shape index (κ1) is 11.2. The summed E-state index contributed by atoms with van der Waals surface area (Å²) in [5, 5.41) is 10.4. The zero-order chi connectivity index (χ0) is 12.8. The van der Waals surface area contributed by atoms with Crippen molar-refractivity contribution in [2.24, 2.45) is 0 Å². The van der Waals surface area contributed by atoms with Gasteiger partial charge < -0.3 is 9.15 Å². The number of methoxy groups -OCH3 is 1. The molecule has 0 spiro atoms. The number of benzene rings is 1. The lowest BCUT2D eigenvalue weighted by Gasteiger charge is -2.35. The summed E-state index contributed by atoms with van der Waals surface area (Å²) in [5.74, 6) is 1.58. The van der Waals surface area contributed by atoms with Gasteiger partial charge in [0.1, 0.15) is 5.76 Å². The number of hydrogen-bond donors (Lipinski definition) is 0. The van der Waals surface area contributed by atoms with E-state index in [0.717, 1.165) is 47.3 Å². The second kappa shape index (κ2) is 3.78. The summed E-state index contributed by atoms with van der Waals surface area (Å²) in [7, 11) is 1.64. The van der Waals surface area contributed by atoms with Gasteiger partial charge in [-0.3, -0.25) is 0 Å². The highest BCUT2D eigenvalue weighted by Crippen LogP contribution is 2.45. The topological polar surface area (TPSA) is 46.2 Å². The largest absolute Gasteiger partial charge is 0.493 e. The van der Waals surface area contributed by atoms with Gasteiger partial charge in [-0.15, -0.1) is 0 Å². The van der Waals surface area contributed by atoms with E-state index in [2.05, 4.69) is 12.1 Å². The van der Waals surface area contributed by atoms with E-state index < -0.39 is 0 Å². The highest BCUT2D eigenvalue weighted by atomic mass is 16.5. The smallest absolute Gasteiger partial charge is 0.176 e. The Labute approximate surface area is 106 Å². The van der Waals surface area contributed by atoms with Gasteiger partial charge in [-0.05, 0) is 49.9 Å². The van der Waals surface area contributed by atoms with E-state index in [1.165, 1.54) is 0 Å². The third-order valence-corrected chi connectivity index (χ3v) is 3.90. The van der Waals surface area contributed by atoms with Crippen LogP contribution in [0.3, 0.4) is 0 Å². The summed E-state index contributed by atoms with van der Waals surface area (Å²) in [6, 6.07) is 8.48. The normalized spacial score (nSPS) is 17.2. The molecule has 18 heavy (non-hydrogen) atoms. The quantitative estimate of drug-likeness (QED) is 0.805. The lowest BCUT2D eigenvalue weighted by molar-refractivity contribution is 0.322. The number of hydrogen-bond acceptors (Lipinski definition) is 3. The van der Waals surface area contributed by atoms with Gasteiger partial charge in [-0.25, -0.2) is 0 Å². The second-order valence-electron chi connectivity index (χ2n) is 5.00. The van der Waals surface area contributed by atoms with Crippen LogP contribution >= 0.6 is 0 Å². The number of nitrogens with zero attached hydrogens (tertiary/aromatic N) is 1. The molecule has 1 aromatic heterocycles. The summed E-state index contributed by atoms with van der Waals surface area (Å²) in [5.41, 5.74) is 1.51. The van der Waals surface area contributed by atoms with Crippen LogP contribution in [-0.4, -0.2) is 7.11 Å². The average Bonchev–Trinajstić information content (AvgIpc) is 2.67. The van der Waals surface area contributed by atoms with E-state index in [0.29, 0.717) is 0 Å². The summed E-state index contributed by atoms with van der Waals surface area (Å²) in [6.07, 6.45) is 3.00. The Morgan fingerprint density at radius 1 is 1.33 bits per heavy atom. The van der Waals surface area contributed by atoms with Crippen LogP contribution in [0.1, 0.15) is 30.6 Å². The van der Waals surface area contributed by atoms with Gasteiger partial charge in [0.25, 0.3) is 0 Å². The van der Waals surface area contributed by atoms with Crippen LogP contribution in [0.4, 0.5) is 0 Å². The molecule has 2 aromatic rings. The monoisotopic (exact) mass is 241 g/mol. The fourth-order valence-corrected chi connectivity index (χ4v) is 2.67. The fourth-order valence-electron chi connectivity index (χ4n) is 2.67. The van der Waals surface area contributed by atoms with Crippen molar-refractivity contribution in [2.45, 2.75) is 31.6 Å². The van der Waals surface area contributed by atoms with E-state index in [-0.39, 0.29) is 5.41 Å². The number of furan rings is 1. The van der Waals surface area contributed by atoms with Crippen LogP contribution < -0.4 is 4.74 Å². The van der Waals surface area contributed by atoms with Crippen molar-refractivity contribution in [3.63, 3.8) is 0 Å². The molecule has 1 aliphatic rings. The third-order valence-electron chi connectivity index (χ3n) is 3.90. The van der Waals surface area contributed by atoms with Gasteiger partial charge in [-0.2, -0.15) is 5.26 Å². The molecular weight excluding hydrogens is 226 g/mol. The van der Waals surface area contributed by atoms with Gasteiger partial charge >= 0.3 is 0 Å². The Bertz CT molecular complexity index is 644. The first-order valence-corrected chi connectivity index (χ1v) is 6.18. The van der Waals surface area contributed by atoms with Crippen LogP contribution in [0.15, 0.2) is 22.6 Å². The summed E-state index contributed by atoms with van der Waals surface area (Å²) >= 11 is 0. The summed E-state index contributed by atoms with van der Waals surface area (Å²) < 4.78 is 11.0. The van der Waals surface area contributed by atoms with Crippen LogP contribution in [0.5, 0.6) is 5.75 Å². The average molecular weight is 241 g/mol. The Kier molecular flexibility index (Phi) is 2.34. The van der Waals surface area contributed by atoms with Crippen molar-refractivity contribution in [3.8, 4) is 11.8 Å². The SMILES string of the molecule is COc1cc(C2(C#N)CCC2)cc2cc(C)oc12. The van der Waals surface area contributed by atoms with E-state index in [4.69, 9.17) is 9.15 Å². The molecule has 0 aliphatic heterocycles. The molecule has 3 nitrogen and oxygen atoms in total. The molecule has 0 N–H and O–H groups in total. The summed E-state index contributed by atoms with van der Waals surface area (Å²) in [4.78, 5) is 0. The Hall–Kier alpha value is -1.95. The maximum Gasteiger partial charge on any atom is 0.176 e. The lowest BCUT2D eigenvalue weighted by atomic mass is 9.65. The molecular formula is C15H15NO2. The highest BCUT2D eigenvalue weighted by Gasteiger charge is 2.39. The third kappa shape index (κ3) is 1.42.